The average molecular weight is 445 g/mol. The molecule has 0 N–H and O–H groups in total. The van der Waals surface area contributed by atoms with Crippen molar-refractivity contribution in [2.24, 2.45) is 17.8 Å². The monoisotopic (exact) mass is 444 g/mol. The van der Waals surface area contributed by atoms with Crippen LogP contribution in [0.25, 0.3) is 0 Å². The number of carbonyl (C=O) groups is 1. The van der Waals surface area contributed by atoms with E-state index in [-0.39, 0.29) is 24.2 Å². The van der Waals surface area contributed by atoms with E-state index in [1.165, 1.54) is 17.4 Å². The van der Waals surface area contributed by atoms with E-state index < -0.39 is 0 Å². The summed E-state index contributed by atoms with van der Waals surface area (Å²) < 4.78 is 25.6. The molecule has 1 amide bonds. The van der Waals surface area contributed by atoms with E-state index in [4.69, 9.17) is 9.26 Å². The van der Waals surface area contributed by atoms with Crippen molar-refractivity contribution < 1.29 is 18.4 Å². The molecule has 1 saturated carbocycles. The molecule has 1 aromatic carbocycles. The van der Waals surface area contributed by atoms with E-state index >= 15 is 0 Å². The number of anilines is 1. The molecule has 4 rings (SSSR count). The van der Waals surface area contributed by atoms with Gasteiger partial charge in [-0.2, -0.15) is 4.98 Å². The van der Waals surface area contributed by atoms with Crippen LogP contribution in [0.4, 0.5) is 10.4 Å². The van der Waals surface area contributed by atoms with Crippen LogP contribution in [0.3, 0.4) is 0 Å². The van der Waals surface area contributed by atoms with Crippen LogP contribution in [-0.4, -0.2) is 54.7 Å². The Bertz CT molecular complexity index is 937. The molecule has 0 bridgehead atoms. The van der Waals surface area contributed by atoms with Gasteiger partial charge in [-0.05, 0) is 49.1 Å². The zero-order valence-corrected chi connectivity index (χ0v) is 19.4. The number of hydrogen-bond acceptors (Lipinski definition) is 6. The molecule has 8 heteroatoms. The number of piperidine rings is 1. The lowest BCUT2D eigenvalue weighted by Crippen LogP contribution is -2.34. The number of benzene rings is 1. The summed E-state index contributed by atoms with van der Waals surface area (Å²) >= 11 is 0. The number of hydrogen-bond donors (Lipinski definition) is 0. The molecule has 2 atom stereocenters. The minimum Gasteiger partial charge on any atom is -0.376 e. The first kappa shape index (κ1) is 22.7. The van der Waals surface area contributed by atoms with Gasteiger partial charge in [0.1, 0.15) is 5.82 Å². The molecular formula is C24H33FN4O3. The van der Waals surface area contributed by atoms with E-state index in [1.807, 2.05) is 0 Å². The Hall–Kier alpha value is -2.48. The molecule has 1 aliphatic carbocycles. The fraction of sp³-hybridized carbons (Fsp3) is 0.625. The number of carbonyl (C=O) groups excluding carboxylic acids is 1. The predicted molar refractivity (Wildman–Crippen MR) is 119 cm³/mol. The van der Waals surface area contributed by atoms with Crippen LogP contribution in [0.15, 0.2) is 22.7 Å². The fourth-order valence-electron chi connectivity index (χ4n) is 4.52. The first-order valence-electron chi connectivity index (χ1n) is 11.5. The highest BCUT2D eigenvalue weighted by molar-refractivity contribution is 5.93. The lowest BCUT2D eigenvalue weighted by molar-refractivity contribution is 0.0826. The highest BCUT2D eigenvalue weighted by atomic mass is 19.1. The van der Waals surface area contributed by atoms with Crippen LogP contribution in [0, 0.1) is 23.6 Å². The van der Waals surface area contributed by atoms with Gasteiger partial charge in [-0.25, -0.2) is 4.39 Å². The first-order chi connectivity index (χ1) is 15.3. The maximum atomic E-state index is 14.3. The lowest BCUT2D eigenvalue weighted by Gasteiger charge is -2.30. The third-order valence-corrected chi connectivity index (χ3v) is 6.64. The van der Waals surface area contributed by atoms with Crippen molar-refractivity contribution >= 4 is 11.9 Å². The normalized spacial score (nSPS) is 21.2. The van der Waals surface area contributed by atoms with Crippen molar-refractivity contribution in [1.29, 1.82) is 0 Å². The van der Waals surface area contributed by atoms with E-state index in [0.717, 1.165) is 31.8 Å². The predicted octanol–water partition coefficient (Wildman–Crippen LogP) is 4.10. The smallest absolute Gasteiger partial charge is 0.324 e. The second-order valence-corrected chi connectivity index (χ2v) is 9.59. The van der Waals surface area contributed by atoms with E-state index in [9.17, 15) is 9.18 Å². The van der Waals surface area contributed by atoms with Gasteiger partial charge in [0.15, 0.2) is 5.82 Å². The van der Waals surface area contributed by atoms with Gasteiger partial charge in [-0.3, -0.25) is 4.79 Å². The molecule has 1 saturated heterocycles. The molecule has 2 aromatic rings. The second-order valence-electron chi connectivity index (χ2n) is 9.59. The van der Waals surface area contributed by atoms with Crippen LogP contribution < -0.4 is 4.90 Å². The van der Waals surface area contributed by atoms with E-state index in [2.05, 4.69) is 28.9 Å². The molecule has 1 aliphatic heterocycles. The summed E-state index contributed by atoms with van der Waals surface area (Å²) in [7, 11) is 3.31. The molecule has 0 spiro atoms. The molecule has 0 unspecified atom stereocenters. The number of ether oxygens (including phenoxy) is 1. The Morgan fingerprint density at radius 2 is 2.06 bits per heavy atom. The highest BCUT2D eigenvalue weighted by Crippen LogP contribution is 2.48. The lowest BCUT2D eigenvalue weighted by atomic mass is 9.91. The van der Waals surface area contributed by atoms with Crippen molar-refractivity contribution in [3.8, 4) is 0 Å². The summed E-state index contributed by atoms with van der Waals surface area (Å²) in [6.07, 6.45) is 3.43. The third-order valence-electron chi connectivity index (χ3n) is 6.64. The van der Waals surface area contributed by atoms with Crippen molar-refractivity contribution in [2.45, 2.75) is 45.6 Å². The summed E-state index contributed by atoms with van der Waals surface area (Å²) in [5.74, 6) is 2.37. The molecule has 32 heavy (non-hydrogen) atoms. The Morgan fingerprint density at radius 1 is 1.31 bits per heavy atom. The largest absolute Gasteiger partial charge is 0.376 e. The van der Waals surface area contributed by atoms with E-state index in [1.54, 1.807) is 26.2 Å². The third kappa shape index (κ3) is 5.11. The minimum absolute atomic E-state index is 0.206. The topological polar surface area (TPSA) is 71.7 Å². The Balaban J connectivity index is 1.19. The summed E-state index contributed by atoms with van der Waals surface area (Å²) in [6.45, 7) is 6.90. The molecular weight excluding hydrogens is 411 g/mol. The van der Waals surface area contributed by atoms with Crippen LogP contribution in [0.1, 0.15) is 60.8 Å². The first-order valence-corrected chi connectivity index (χ1v) is 11.5. The number of nitrogens with zero attached hydrogens (tertiary/aromatic N) is 4. The highest BCUT2D eigenvalue weighted by Gasteiger charge is 2.43. The average Bonchev–Trinajstić information content (AvgIpc) is 3.36. The molecule has 174 valence electrons. The molecule has 2 fully saturated rings. The SMILES string of the molecule is CC(C)c1noc(N2CCC([C@H]3C[C@H]3COCc3ccc(C(=O)N(C)C)cc3F)CC2)n1. The molecule has 7 nitrogen and oxygen atoms in total. The Labute approximate surface area is 188 Å². The number of amides is 1. The summed E-state index contributed by atoms with van der Waals surface area (Å²) in [6, 6.07) is 5.24. The molecule has 1 aromatic heterocycles. The van der Waals surface area contributed by atoms with Crippen LogP contribution >= 0.6 is 0 Å². The maximum Gasteiger partial charge on any atom is 0.324 e. The van der Waals surface area contributed by atoms with Crippen LogP contribution in [-0.2, 0) is 11.3 Å². The van der Waals surface area contributed by atoms with Crippen molar-refractivity contribution in [3.05, 3.63) is 41.0 Å². The van der Waals surface area contributed by atoms with Gasteiger partial charge >= 0.3 is 6.01 Å². The van der Waals surface area contributed by atoms with Crippen molar-refractivity contribution in [2.75, 3.05) is 38.7 Å². The van der Waals surface area contributed by atoms with Crippen molar-refractivity contribution in [3.63, 3.8) is 0 Å². The quantitative estimate of drug-likeness (QED) is 0.610. The number of rotatable bonds is 8. The second kappa shape index (κ2) is 9.57. The maximum absolute atomic E-state index is 14.3. The van der Waals surface area contributed by atoms with Gasteiger partial charge in [0.05, 0.1) is 13.2 Å². The summed E-state index contributed by atoms with van der Waals surface area (Å²) in [5.41, 5.74) is 0.844. The van der Waals surface area contributed by atoms with Gasteiger partial charge in [-0.1, -0.05) is 25.1 Å². The van der Waals surface area contributed by atoms with Crippen molar-refractivity contribution in [1.82, 2.24) is 15.0 Å². The number of halogens is 1. The Kier molecular flexibility index (Phi) is 6.79. The minimum atomic E-state index is -0.390. The zero-order chi connectivity index (χ0) is 22.8. The molecule has 2 aliphatic rings. The molecule has 2 heterocycles. The number of aromatic nitrogens is 2. The standard InChI is InChI=1S/C24H33FN4O3/c1-15(2)22-26-24(32-27-22)29-9-7-16(8-10-29)20-11-19(20)14-31-13-18-6-5-17(12-21(18)25)23(30)28(3)4/h5-6,12,15-16,19-20H,7-11,13-14H2,1-4H3/t19-,20+/m0/s1. The van der Waals surface area contributed by atoms with Gasteiger partial charge in [0, 0.05) is 44.2 Å². The fourth-order valence-corrected chi connectivity index (χ4v) is 4.52. The summed E-state index contributed by atoms with van der Waals surface area (Å²) in [5, 5.41) is 4.07. The van der Waals surface area contributed by atoms with Gasteiger partial charge < -0.3 is 19.1 Å². The Morgan fingerprint density at radius 3 is 2.69 bits per heavy atom. The zero-order valence-electron chi connectivity index (χ0n) is 19.4. The van der Waals surface area contributed by atoms with Crippen LogP contribution in [0.2, 0.25) is 0 Å². The summed E-state index contributed by atoms with van der Waals surface area (Å²) in [4.78, 5) is 20.1. The van der Waals surface area contributed by atoms with Gasteiger partial charge in [0.25, 0.3) is 5.91 Å². The van der Waals surface area contributed by atoms with Crippen LogP contribution in [0.5, 0.6) is 0 Å². The molecule has 0 radical (unpaired) electrons. The van der Waals surface area contributed by atoms with Gasteiger partial charge in [0.2, 0.25) is 0 Å². The van der Waals surface area contributed by atoms with Gasteiger partial charge in [-0.15, -0.1) is 0 Å². The van der Waals surface area contributed by atoms with E-state index in [0.29, 0.717) is 41.5 Å².